The minimum atomic E-state index is 0.633. The van der Waals surface area contributed by atoms with Crippen molar-refractivity contribution in [2.75, 3.05) is 0 Å². The van der Waals surface area contributed by atoms with Crippen LogP contribution >= 0.6 is 0 Å². The molecule has 0 radical (unpaired) electrons. The first-order valence-corrected chi connectivity index (χ1v) is 4.10. The van der Waals surface area contributed by atoms with Gasteiger partial charge in [0.1, 0.15) is 5.76 Å². The first-order chi connectivity index (χ1) is 6.25. The Bertz CT molecular complexity index is 420. The first-order valence-electron chi connectivity index (χ1n) is 4.10. The third-order valence-corrected chi connectivity index (χ3v) is 1.74. The van der Waals surface area contributed by atoms with E-state index in [1.165, 1.54) is 0 Å². The van der Waals surface area contributed by atoms with Crippen LogP contribution < -0.4 is 0 Å². The molecular weight excluding hydrogens is 164 g/mol. The van der Waals surface area contributed by atoms with Crippen LogP contribution in [0.3, 0.4) is 0 Å². The third kappa shape index (κ3) is 1.59. The molecule has 0 saturated carbocycles. The zero-order valence-corrected chi connectivity index (χ0v) is 7.61. The van der Waals surface area contributed by atoms with E-state index < -0.39 is 0 Å². The summed E-state index contributed by atoms with van der Waals surface area (Å²) < 4.78 is 5.37. The van der Waals surface area contributed by atoms with Gasteiger partial charge in [-0.3, -0.25) is 4.98 Å². The molecule has 0 N–H and O–H groups in total. The molecule has 0 aromatic carbocycles. The molecule has 3 nitrogen and oxygen atoms in total. The second kappa shape index (κ2) is 3.01. The Morgan fingerprint density at radius 2 is 2.00 bits per heavy atom. The molecular formula is C10H10N2O. The van der Waals surface area contributed by atoms with Gasteiger partial charge in [0.25, 0.3) is 0 Å². The summed E-state index contributed by atoms with van der Waals surface area (Å²) in [6, 6.07) is 2.00. The summed E-state index contributed by atoms with van der Waals surface area (Å²) >= 11 is 0. The average molecular weight is 174 g/mol. The highest BCUT2D eigenvalue weighted by Crippen LogP contribution is 2.18. The van der Waals surface area contributed by atoms with Crippen LogP contribution in [0.25, 0.3) is 11.5 Å². The molecule has 2 rings (SSSR count). The fraction of sp³-hybridized carbons (Fsp3) is 0.200. The summed E-state index contributed by atoms with van der Waals surface area (Å²) in [6.45, 7) is 3.87. The molecule has 2 heterocycles. The van der Waals surface area contributed by atoms with Gasteiger partial charge in [0.05, 0.1) is 11.8 Å². The highest BCUT2D eigenvalue weighted by molar-refractivity contribution is 5.52. The van der Waals surface area contributed by atoms with E-state index in [2.05, 4.69) is 9.97 Å². The number of pyridine rings is 1. The van der Waals surface area contributed by atoms with Crippen LogP contribution in [0.15, 0.2) is 29.1 Å². The Morgan fingerprint density at radius 1 is 1.15 bits per heavy atom. The molecule has 0 saturated heterocycles. The fourth-order valence-electron chi connectivity index (χ4n) is 1.16. The summed E-state index contributed by atoms with van der Waals surface area (Å²) in [5, 5.41) is 0. The van der Waals surface area contributed by atoms with Gasteiger partial charge < -0.3 is 4.42 Å². The van der Waals surface area contributed by atoms with Crippen molar-refractivity contribution in [1.82, 2.24) is 9.97 Å². The normalized spacial score (nSPS) is 10.3. The van der Waals surface area contributed by atoms with Crippen LogP contribution in [-0.4, -0.2) is 9.97 Å². The maximum Gasteiger partial charge on any atom is 0.227 e. The molecule has 2 aromatic heterocycles. The SMILES string of the molecule is Cc1cncc(-c2ncc(C)o2)c1. The topological polar surface area (TPSA) is 38.9 Å². The van der Waals surface area contributed by atoms with Crippen molar-refractivity contribution >= 4 is 0 Å². The number of nitrogens with zero attached hydrogens (tertiary/aromatic N) is 2. The molecule has 66 valence electrons. The Kier molecular flexibility index (Phi) is 1.85. The van der Waals surface area contributed by atoms with Crippen LogP contribution in [0.1, 0.15) is 11.3 Å². The molecule has 0 unspecified atom stereocenters. The van der Waals surface area contributed by atoms with Gasteiger partial charge in [0.2, 0.25) is 5.89 Å². The maximum absolute atomic E-state index is 5.37. The van der Waals surface area contributed by atoms with Gasteiger partial charge in [-0.15, -0.1) is 0 Å². The van der Waals surface area contributed by atoms with Crippen molar-refractivity contribution in [2.24, 2.45) is 0 Å². The summed E-state index contributed by atoms with van der Waals surface area (Å²) in [7, 11) is 0. The van der Waals surface area contributed by atoms with Gasteiger partial charge in [-0.1, -0.05) is 0 Å². The van der Waals surface area contributed by atoms with Crippen LogP contribution in [-0.2, 0) is 0 Å². The lowest BCUT2D eigenvalue weighted by Crippen LogP contribution is -1.81. The molecule has 3 heteroatoms. The molecule has 0 spiro atoms. The standard InChI is InChI=1S/C10H10N2O/c1-7-3-9(6-11-4-7)10-12-5-8(2)13-10/h3-6H,1-2H3. The zero-order valence-electron chi connectivity index (χ0n) is 7.61. The molecule has 13 heavy (non-hydrogen) atoms. The molecule has 0 aliphatic carbocycles. The van der Waals surface area contributed by atoms with E-state index in [9.17, 15) is 0 Å². The van der Waals surface area contributed by atoms with E-state index in [-0.39, 0.29) is 0 Å². The zero-order chi connectivity index (χ0) is 9.26. The number of hydrogen-bond acceptors (Lipinski definition) is 3. The number of hydrogen-bond donors (Lipinski definition) is 0. The predicted octanol–water partition coefficient (Wildman–Crippen LogP) is 2.35. The quantitative estimate of drug-likeness (QED) is 0.666. The number of rotatable bonds is 1. The summed E-state index contributed by atoms with van der Waals surface area (Å²) in [5.41, 5.74) is 2.03. The van der Waals surface area contributed by atoms with Crippen LogP contribution in [0.5, 0.6) is 0 Å². The van der Waals surface area contributed by atoms with Gasteiger partial charge >= 0.3 is 0 Å². The summed E-state index contributed by atoms with van der Waals surface area (Å²) in [5.74, 6) is 1.45. The number of aryl methyl sites for hydroxylation is 2. The Labute approximate surface area is 76.5 Å². The highest BCUT2D eigenvalue weighted by Gasteiger charge is 2.03. The smallest absolute Gasteiger partial charge is 0.227 e. The van der Waals surface area contributed by atoms with Crippen molar-refractivity contribution in [3.8, 4) is 11.5 Å². The monoisotopic (exact) mass is 174 g/mol. The average Bonchev–Trinajstić information content (AvgIpc) is 2.52. The van der Waals surface area contributed by atoms with Crippen LogP contribution in [0.2, 0.25) is 0 Å². The van der Waals surface area contributed by atoms with Crippen molar-refractivity contribution < 1.29 is 4.42 Å². The minimum Gasteiger partial charge on any atom is -0.441 e. The predicted molar refractivity (Wildman–Crippen MR) is 49.2 cm³/mol. The van der Waals surface area contributed by atoms with Crippen molar-refractivity contribution in [3.05, 3.63) is 36.0 Å². The van der Waals surface area contributed by atoms with Crippen LogP contribution in [0, 0.1) is 13.8 Å². The molecule has 0 bridgehead atoms. The van der Waals surface area contributed by atoms with Gasteiger partial charge in [-0.2, -0.15) is 0 Å². The molecule has 0 fully saturated rings. The lowest BCUT2D eigenvalue weighted by molar-refractivity contribution is 0.542. The molecule has 2 aromatic rings. The molecule has 0 aliphatic rings. The first kappa shape index (κ1) is 7.98. The Hall–Kier alpha value is -1.64. The second-order valence-electron chi connectivity index (χ2n) is 3.03. The number of aromatic nitrogens is 2. The minimum absolute atomic E-state index is 0.633. The van der Waals surface area contributed by atoms with Crippen LogP contribution in [0.4, 0.5) is 0 Å². The lowest BCUT2D eigenvalue weighted by atomic mass is 10.2. The van der Waals surface area contributed by atoms with Crippen molar-refractivity contribution in [1.29, 1.82) is 0 Å². The van der Waals surface area contributed by atoms with E-state index in [0.29, 0.717) is 5.89 Å². The van der Waals surface area contributed by atoms with Crippen molar-refractivity contribution in [2.45, 2.75) is 13.8 Å². The van der Waals surface area contributed by atoms with E-state index in [1.54, 1.807) is 18.6 Å². The Balaban J connectivity index is 2.46. The van der Waals surface area contributed by atoms with Gasteiger partial charge in [0.15, 0.2) is 0 Å². The van der Waals surface area contributed by atoms with Gasteiger partial charge in [0, 0.05) is 12.4 Å². The van der Waals surface area contributed by atoms with Crippen molar-refractivity contribution in [3.63, 3.8) is 0 Å². The third-order valence-electron chi connectivity index (χ3n) is 1.74. The highest BCUT2D eigenvalue weighted by atomic mass is 16.4. The summed E-state index contributed by atoms with van der Waals surface area (Å²) in [4.78, 5) is 8.19. The second-order valence-corrected chi connectivity index (χ2v) is 3.03. The largest absolute Gasteiger partial charge is 0.441 e. The number of oxazole rings is 1. The fourth-order valence-corrected chi connectivity index (χ4v) is 1.16. The molecule has 0 atom stereocenters. The molecule has 0 aliphatic heterocycles. The van der Waals surface area contributed by atoms with E-state index in [0.717, 1.165) is 16.9 Å². The van der Waals surface area contributed by atoms with E-state index in [1.807, 2.05) is 19.9 Å². The Morgan fingerprint density at radius 3 is 2.62 bits per heavy atom. The van der Waals surface area contributed by atoms with Gasteiger partial charge in [-0.25, -0.2) is 4.98 Å². The lowest BCUT2D eigenvalue weighted by Gasteiger charge is -1.95. The summed E-state index contributed by atoms with van der Waals surface area (Å²) in [6.07, 6.45) is 5.26. The van der Waals surface area contributed by atoms with E-state index >= 15 is 0 Å². The van der Waals surface area contributed by atoms with Gasteiger partial charge in [-0.05, 0) is 25.5 Å². The maximum atomic E-state index is 5.37. The molecule has 0 amide bonds. The van der Waals surface area contributed by atoms with E-state index in [4.69, 9.17) is 4.42 Å².